The van der Waals surface area contributed by atoms with Crippen LogP contribution in [0.5, 0.6) is 0 Å². The van der Waals surface area contributed by atoms with Gasteiger partial charge in [-0.3, -0.25) is 4.40 Å². The molecular formula is C24H23ClN4O2S2. The number of fused-ring (bicyclic) bond motifs is 1. The molecule has 0 fully saturated rings. The molecule has 3 aromatic heterocycles. The minimum Gasteiger partial charge on any atom is -0.305 e. The number of nitrogens with zero attached hydrogens (tertiary/aromatic N) is 4. The average Bonchev–Trinajstić information content (AvgIpc) is 3.44. The summed E-state index contributed by atoms with van der Waals surface area (Å²) in [6.07, 6.45) is 5.21. The van der Waals surface area contributed by atoms with Gasteiger partial charge in [0.2, 0.25) is 0 Å². The van der Waals surface area contributed by atoms with Gasteiger partial charge in [0.05, 0.1) is 22.9 Å². The van der Waals surface area contributed by atoms with Gasteiger partial charge < -0.3 is 4.90 Å². The summed E-state index contributed by atoms with van der Waals surface area (Å²) in [5.41, 5.74) is 5.85. The maximum absolute atomic E-state index is 11.8. The second kappa shape index (κ2) is 8.59. The maximum atomic E-state index is 11.8. The molecule has 1 aliphatic rings. The molecule has 4 heterocycles. The Morgan fingerprint density at radius 2 is 1.88 bits per heavy atom. The summed E-state index contributed by atoms with van der Waals surface area (Å²) in [4.78, 5) is 11.8. The first-order chi connectivity index (χ1) is 15.8. The van der Waals surface area contributed by atoms with Crippen molar-refractivity contribution in [3.8, 4) is 11.3 Å². The molecule has 0 N–H and O–H groups in total. The van der Waals surface area contributed by atoms with Gasteiger partial charge >= 0.3 is 0 Å². The lowest BCUT2D eigenvalue weighted by Gasteiger charge is -2.18. The summed E-state index contributed by atoms with van der Waals surface area (Å²) in [6.45, 7) is 2.09. The van der Waals surface area contributed by atoms with Crippen molar-refractivity contribution >= 4 is 54.9 Å². The Morgan fingerprint density at radius 3 is 2.58 bits per heavy atom. The lowest BCUT2D eigenvalue weighted by atomic mass is 10.1. The summed E-state index contributed by atoms with van der Waals surface area (Å²) in [7, 11) is -0.959. The third-order valence-corrected chi connectivity index (χ3v) is 8.54. The first kappa shape index (κ1) is 22.1. The Hall–Kier alpha value is -2.68. The molecule has 0 radical (unpaired) electrons. The molecule has 0 saturated heterocycles. The van der Waals surface area contributed by atoms with Crippen LogP contribution < -0.4 is 4.90 Å². The fourth-order valence-electron chi connectivity index (χ4n) is 4.07. The van der Waals surface area contributed by atoms with Gasteiger partial charge in [-0.05, 0) is 48.2 Å². The average molecular weight is 499 g/mol. The van der Waals surface area contributed by atoms with Gasteiger partial charge in [-0.1, -0.05) is 36.7 Å². The Kier molecular flexibility index (Phi) is 5.76. The van der Waals surface area contributed by atoms with E-state index >= 15 is 0 Å². The zero-order valence-electron chi connectivity index (χ0n) is 18.3. The number of aryl methyl sites for hydroxylation is 1. The van der Waals surface area contributed by atoms with Gasteiger partial charge in [-0.2, -0.15) is 0 Å². The topological polar surface area (TPSA) is 67.6 Å². The van der Waals surface area contributed by atoms with Gasteiger partial charge in [0.25, 0.3) is 0 Å². The van der Waals surface area contributed by atoms with Crippen LogP contribution in [0.1, 0.15) is 24.6 Å². The number of sulfone groups is 1. The Bertz CT molecular complexity index is 1470. The molecule has 170 valence electrons. The van der Waals surface area contributed by atoms with Crippen molar-refractivity contribution in [3.05, 3.63) is 70.3 Å². The van der Waals surface area contributed by atoms with E-state index in [2.05, 4.69) is 22.4 Å². The zero-order chi connectivity index (χ0) is 23.2. The number of aromatic nitrogens is 3. The number of rotatable bonds is 5. The summed E-state index contributed by atoms with van der Waals surface area (Å²) in [6, 6.07) is 11.7. The molecule has 4 aromatic rings. The van der Waals surface area contributed by atoms with Gasteiger partial charge in [-0.25, -0.2) is 18.4 Å². The maximum Gasteiger partial charge on any atom is 0.191 e. The van der Waals surface area contributed by atoms with Crippen LogP contribution in [0.25, 0.3) is 22.5 Å². The Labute approximate surface area is 202 Å². The highest BCUT2D eigenvalue weighted by molar-refractivity contribution is 7.91. The molecule has 5 rings (SSSR count). The van der Waals surface area contributed by atoms with Crippen molar-refractivity contribution in [1.29, 1.82) is 0 Å². The molecule has 0 bridgehead atoms. The molecule has 6 nitrogen and oxygen atoms in total. The quantitative estimate of drug-likeness (QED) is 0.356. The summed E-state index contributed by atoms with van der Waals surface area (Å²) in [5.74, 6) is 1.26. The lowest BCUT2D eigenvalue weighted by molar-refractivity contribution is 0.597. The highest BCUT2D eigenvalue weighted by atomic mass is 35.5. The molecular weight excluding hydrogens is 476 g/mol. The lowest BCUT2D eigenvalue weighted by Crippen LogP contribution is -2.15. The normalized spacial score (nSPS) is 15.5. The number of imidazole rings is 1. The number of benzene rings is 1. The molecule has 0 unspecified atom stereocenters. The second-order valence-corrected chi connectivity index (χ2v) is 11.6. The Balaban J connectivity index is 1.54. The van der Waals surface area contributed by atoms with Gasteiger partial charge in [0, 0.05) is 29.2 Å². The van der Waals surface area contributed by atoms with Crippen molar-refractivity contribution in [1.82, 2.24) is 14.4 Å². The number of pyridine rings is 1. The minimum absolute atomic E-state index is 0.101. The zero-order valence-corrected chi connectivity index (χ0v) is 20.7. The number of halogens is 1. The second-order valence-electron chi connectivity index (χ2n) is 8.06. The van der Waals surface area contributed by atoms with E-state index in [-0.39, 0.29) is 11.5 Å². The van der Waals surface area contributed by atoms with Crippen LogP contribution in [0, 0.1) is 0 Å². The van der Waals surface area contributed by atoms with Crippen molar-refractivity contribution in [2.45, 2.75) is 19.8 Å². The third kappa shape index (κ3) is 4.30. The fraction of sp³-hybridized carbons (Fsp3) is 0.250. The predicted molar refractivity (Wildman–Crippen MR) is 136 cm³/mol. The van der Waals surface area contributed by atoms with Gasteiger partial charge in [-0.15, -0.1) is 11.3 Å². The first-order valence-corrected chi connectivity index (χ1v) is 13.8. The van der Waals surface area contributed by atoms with E-state index in [1.54, 1.807) is 11.3 Å². The van der Waals surface area contributed by atoms with Gasteiger partial charge in [0.15, 0.2) is 15.0 Å². The highest BCUT2D eigenvalue weighted by Crippen LogP contribution is 2.34. The van der Waals surface area contributed by atoms with Crippen LogP contribution in [-0.4, -0.2) is 41.3 Å². The largest absolute Gasteiger partial charge is 0.305 e. The highest BCUT2D eigenvalue weighted by Gasteiger charge is 2.21. The van der Waals surface area contributed by atoms with E-state index in [9.17, 15) is 8.42 Å². The molecule has 0 aliphatic carbocycles. The summed E-state index contributed by atoms with van der Waals surface area (Å²) in [5, 5.41) is 3.61. The van der Waals surface area contributed by atoms with Crippen molar-refractivity contribution < 1.29 is 8.42 Å². The number of hydrogen-bond acceptors (Lipinski definition) is 6. The third-order valence-electron chi connectivity index (χ3n) is 5.87. The van der Waals surface area contributed by atoms with Gasteiger partial charge in [0.1, 0.15) is 11.5 Å². The van der Waals surface area contributed by atoms with Crippen LogP contribution in [0.2, 0.25) is 5.02 Å². The van der Waals surface area contributed by atoms with Crippen molar-refractivity contribution in [2.24, 2.45) is 0 Å². The van der Waals surface area contributed by atoms with E-state index in [1.807, 2.05) is 54.9 Å². The molecule has 0 saturated carbocycles. The Morgan fingerprint density at radius 1 is 1.12 bits per heavy atom. The minimum atomic E-state index is -2.96. The molecule has 0 spiro atoms. The fourth-order valence-corrected chi connectivity index (χ4v) is 6.15. The van der Waals surface area contributed by atoms with E-state index in [1.165, 1.54) is 0 Å². The summed E-state index contributed by atoms with van der Waals surface area (Å²) < 4.78 is 25.7. The van der Waals surface area contributed by atoms with E-state index in [0.29, 0.717) is 11.4 Å². The standard InChI is InChI=1S/C24H23ClN4O2S2/c1-3-20-23(28(2)24-27-21(15-32-24)17-4-7-19(25)8-5-17)29-14-18(6-9-22(29)26-20)16-10-12-33(30,31)13-11-16/h4-10,14-15H,3,11-13H2,1-2H3. The van der Waals surface area contributed by atoms with E-state index in [0.717, 1.165) is 51.1 Å². The number of allylic oxidation sites excluding steroid dienone is 1. The molecule has 0 atom stereocenters. The number of anilines is 2. The van der Waals surface area contributed by atoms with Crippen LogP contribution in [0.3, 0.4) is 0 Å². The van der Waals surface area contributed by atoms with E-state index in [4.69, 9.17) is 21.6 Å². The predicted octanol–water partition coefficient (Wildman–Crippen LogP) is 5.64. The molecule has 1 aromatic carbocycles. The smallest absolute Gasteiger partial charge is 0.191 e. The van der Waals surface area contributed by atoms with Crippen LogP contribution in [-0.2, 0) is 16.3 Å². The molecule has 0 amide bonds. The number of thiazole rings is 1. The van der Waals surface area contributed by atoms with Crippen LogP contribution in [0.4, 0.5) is 10.9 Å². The molecule has 1 aliphatic heterocycles. The SMILES string of the molecule is CCc1nc2ccc(C3=CCS(=O)(=O)CC3)cn2c1N(C)c1nc(-c2ccc(Cl)cc2)cs1. The van der Waals surface area contributed by atoms with E-state index < -0.39 is 9.84 Å². The molecule has 33 heavy (non-hydrogen) atoms. The monoisotopic (exact) mass is 498 g/mol. The summed E-state index contributed by atoms with van der Waals surface area (Å²) >= 11 is 7.60. The van der Waals surface area contributed by atoms with Crippen molar-refractivity contribution in [2.75, 3.05) is 23.5 Å². The van der Waals surface area contributed by atoms with Crippen molar-refractivity contribution in [3.63, 3.8) is 0 Å². The molecule has 9 heteroatoms. The number of hydrogen-bond donors (Lipinski definition) is 0. The van der Waals surface area contributed by atoms with Crippen LogP contribution in [0.15, 0.2) is 54.1 Å². The van der Waals surface area contributed by atoms with Crippen LogP contribution >= 0.6 is 22.9 Å². The first-order valence-electron chi connectivity index (χ1n) is 10.7.